The second-order valence-electron chi connectivity index (χ2n) is 9.46. The van der Waals surface area contributed by atoms with Crippen LogP contribution in [0.3, 0.4) is 0 Å². The largest absolute Gasteiger partial charge is 0.491 e. The number of hydrogen-bond acceptors (Lipinski definition) is 5. The van der Waals surface area contributed by atoms with E-state index in [1.54, 1.807) is 0 Å². The molecule has 1 aromatic rings. The molecule has 2 saturated heterocycles. The third kappa shape index (κ3) is 5.26. The Bertz CT molecular complexity index is 784. The van der Waals surface area contributed by atoms with Crippen LogP contribution < -0.4 is 4.74 Å². The Morgan fingerprint density at radius 1 is 1.00 bits per heavy atom. The summed E-state index contributed by atoms with van der Waals surface area (Å²) in [5, 5.41) is 10.2. The van der Waals surface area contributed by atoms with Gasteiger partial charge in [0, 0.05) is 45.4 Å². The zero-order valence-corrected chi connectivity index (χ0v) is 19.0. The highest BCUT2D eigenvalue weighted by atomic mass is 16.5. The first-order valence-corrected chi connectivity index (χ1v) is 12.1. The number of aliphatic hydroxyl groups is 1. The lowest BCUT2D eigenvalue weighted by Crippen LogP contribution is -2.44. The minimum Gasteiger partial charge on any atom is -0.491 e. The molecule has 0 aromatic heterocycles. The number of carbonyl (C=O) groups is 2. The molecule has 0 aliphatic carbocycles. The average Bonchev–Trinajstić information content (AvgIpc) is 2.86. The van der Waals surface area contributed by atoms with Crippen LogP contribution in [-0.4, -0.2) is 79.3 Å². The Morgan fingerprint density at radius 3 is 2.50 bits per heavy atom. The molecule has 2 amide bonds. The summed E-state index contributed by atoms with van der Waals surface area (Å²) in [6, 6.07) is 7.38. The van der Waals surface area contributed by atoms with E-state index in [4.69, 9.17) is 9.47 Å². The van der Waals surface area contributed by atoms with Gasteiger partial charge in [-0.05, 0) is 56.1 Å². The third-order valence-electron chi connectivity index (χ3n) is 7.45. The van der Waals surface area contributed by atoms with Gasteiger partial charge in [0.1, 0.15) is 12.4 Å². The van der Waals surface area contributed by atoms with Crippen LogP contribution in [0.2, 0.25) is 0 Å². The number of piperidine rings is 1. The Hall–Kier alpha value is -2.12. The van der Waals surface area contributed by atoms with Crippen LogP contribution in [0.5, 0.6) is 5.75 Å². The van der Waals surface area contributed by atoms with Gasteiger partial charge in [-0.2, -0.15) is 0 Å². The minimum atomic E-state index is -0.122. The van der Waals surface area contributed by atoms with Gasteiger partial charge in [0.2, 0.25) is 5.91 Å². The summed E-state index contributed by atoms with van der Waals surface area (Å²) in [6.45, 7) is 4.32. The van der Waals surface area contributed by atoms with Gasteiger partial charge in [0.25, 0.3) is 5.91 Å². The van der Waals surface area contributed by atoms with E-state index in [1.807, 2.05) is 34.1 Å². The zero-order valence-electron chi connectivity index (χ0n) is 19.0. The van der Waals surface area contributed by atoms with E-state index < -0.39 is 0 Å². The van der Waals surface area contributed by atoms with Crippen molar-refractivity contribution in [3.63, 3.8) is 0 Å². The van der Waals surface area contributed by atoms with Crippen LogP contribution in [0.1, 0.15) is 55.3 Å². The van der Waals surface area contributed by atoms with Crippen molar-refractivity contribution in [3.8, 4) is 5.75 Å². The molecule has 4 aliphatic heterocycles. The van der Waals surface area contributed by atoms with Gasteiger partial charge in [-0.1, -0.05) is 18.6 Å². The highest BCUT2D eigenvalue weighted by Crippen LogP contribution is 2.37. The summed E-state index contributed by atoms with van der Waals surface area (Å²) < 4.78 is 11.5. The molecule has 4 heterocycles. The molecule has 0 saturated carbocycles. The quantitative estimate of drug-likeness (QED) is 0.759. The van der Waals surface area contributed by atoms with Gasteiger partial charge < -0.3 is 24.4 Å². The van der Waals surface area contributed by atoms with Gasteiger partial charge in [-0.3, -0.25) is 9.59 Å². The van der Waals surface area contributed by atoms with Crippen LogP contribution >= 0.6 is 0 Å². The number of hydrogen-bond donors (Lipinski definition) is 1. The molecule has 1 aromatic carbocycles. The molecule has 176 valence electrons. The summed E-state index contributed by atoms with van der Waals surface area (Å²) >= 11 is 0. The molecule has 5 rings (SSSR count). The molecule has 7 nitrogen and oxygen atoms in total. The van der Waals surface area contributed by atoms with Crippen molar-refractivity contribution in [2.75, 3.05) is 52.6 Å². The molecule has 2 bridgehead atoms. The molecule has 0 spiro atoms. The van der Waals surface area contributed by atoms with Crippen molar-refractivity contribution in [1.29, 1.82) is 0 Å². The van der Waals surface area contributed by atoms with E-state index >= 15 is 0 Å². The normalized spacial score (nSPS) is 23.1. The standard InChI is InChI=1S/C25H36N2O5/c28-19-25-9-3-4-12-26(23(29)20-7-16-31-17-8-20)15-18-32-22-6-2-1-5-21(22)24(30)27(13-10-25)14-11-25/h1-2,5-6,20,28H,3-4,7-19H2. The van der Waals surface area contributed by atoms with E-state index in [1.165, 1.54) is 0 Å². The number of rotatable bonds is 2. The fraction of sp³-hybridized carbons (Fsp3) is 0.680. The SMILES string of the molecule is O=C1c2ccccc2OCCN(C(=O)C2CCOCC2)CCCCC2(CO)CCN1CC2. The molecular formula is C25H36N2O5. The van der Waals surface area contributed by atoms with Gasteiger partial charge in [-0.15, -0.1) is 0 Å². The van der Waals surface area contributed by atoms with Crippen LogP contribution in [0.4, 0.5) is 0 Å². The number of ether oxygens (including phenoxy) is 2. The predicted molar refractivity (Wildman–Crippen MR) is 121 cm³/mol. The molecule has 0 unspecified atom stereocenters. The maximum atomic E-state index is 13.2. The Kier molecular flexibility index (Phi) is 7.68. The van der Waals surface area contributed by atoms with Crippen LogP contribution in [0.25, 0.3) is 0 Å². The van der Waals surface area contributed by atoms with E-state index in [0.29, 0.717) is 57.3 Å². The van der Waals surface area contributed by atoms with Crippen molar-refractivity contribution in [2.45, 2.75) is 44.9 Å². The van der Waals surface area contributed by atoms with Gasteiger partial charge in [0.15, 0.2) is 0 Å². The smallest absolute Gasteiger partial charge is 0.257 e. The van der Waals surface area contributed by atoms with E-state index in [9.17, 15) is 14.7 Å². The number of benzene rings is 1. The molecule has 7 heteroatoms. The zero-order chi connectivity index (χ0) is 22.4. The highest BCUT2D eigenvalue weighted by Gasteiger charge is 2.36. The maximum absolute atomic E-state index is 13.2. The molecule has 0 radical (unpaired) electrons. The second-order valence-corrected chi connectivity index (χ2v) is 9.46. The van der Waals surface area contributed by atoms with E-state index in [0.717, 1.165) is 44.9 Å². The highest BCUT2D eigenvalue weighted by molar-refractivity contribution is 5.97. The molecule has 1 N–H and O–H groups in total. The summed E-state index contributed by atoms with van der Waals surface area (Å²) in [5.74, 6) is 0.767. The van der Waals surface area contributed by atoms with Crippen molar-refractivity contribution < 1.29 is 24.2 Å². The van der Waals surface area contributed by atoms with Crippen LogP contribution in [-0.2, 0) is 9.53 Å². The van der Waals surface area contributed by atoms with Crippen molar-refractivity contribution in [2.24, 2.45) is 11.3 Å². The molecule has 0 atom stereocenters. The molecular weight excluding hydrogens is 408 g/mol. The first kappa shape index (κ1) is 23.1. The predicted octanol–water partition coefficient (Wildman–Crippen LogP) is 2.72. The van der Waals surface area contributed by atoms with Crippen LogP contribution in [0.15, 0.2) is 24.3 Å². The number of fused-ring (bicyclic) bond motifs is 9. The molecule has 4 aliphatic rings. The first-order valence-electron chi connectivity index (χ1n) is 12.1. The second kappa shape index (κ2) is 10.7. The average molecular weight is 445 g/mol. The summed E-state index contributed by atoms with van der Waals surface area (Å²) in [7, 11) is 0. The monoisotopic (exact) mass is 444 g/mol. The lowest BCUT2D eigenvalue weighted by atomic mass is 9.75. The lowest BCUT2D eigenvalue weighted by Gasteiger charge is -2.41. The molecule has 2 fully saturated rings. The fourth-order valence-corrected chi connectivity index (χ4v) is 5.21. The summed E-state index contributed by atoms with van der Waals surface area (Å²) in [6.07, 6.45) is 5.97. The van der Waals surface area contributed by atoms with Gasteiger partial charge >= 0.3 is 0 Å². The van der Waals surface area contributed by atoms with E-state index in [2.05, 4.69) is 0 Å². The number of amides is 2. The van der Waals surface area contributed by atoms with Gasteiger partial charge in [-0.25, -0.2) is 0 Å². The number of nitrogens with zero attached hydrogens (tertiary/aromatic N) is 2. The first-order chi connectivity index (χ1) is 15.6. The van der Waals surface area contributed by atoms with Crippen molar-refractivity contribution in [3.05, 3.63) is 29.8 Å². The third-order valence-corrected chi connectivity index (χ3v) is 7.45. The molecule has 32 heavy (non-hydrogen) atoms. The Balaban J connectivity index is 1.53. The number of carbonyl (C=O) groups excluding carboxylic acids is 2. The topological polar surface area (TPSA) is 79.3 Å². The fourth-order valence-electron chi connectivity index (χ4n) is 5.21. The summed E-state index contributed by atoms with van der Waals surface area (Å²) in [4.78, 5) is 30.2. The van der Waals surface area contributed by atoms with Crippen molar-refractivity contribution in [1.82, 2.24) is 9.80 Å². The summed E-state index contributed by atoms with van der Waals surface area (Å²) in [5.41, 5.74) is 0.448. The van der Waals surface area contributed by atoms with Gasteiger partial charge in [0.05, 0.1) is 12.1 Å². The number of aliphatic hydroxyl groups excluding tert-OH is 1. The Morgan fingerprint density at radius 2 is 1.75 bits per heavy atom. The van der Waals surface area contributed by atoms with Crippen molar-refractivity contribution >= 4 is 11.8 Å². The van der Waals surface area contributed by atoms with Crippen LogP contribution in [0, 0.1) is 11.3 Å². The minimum absolute atomic E-state index is 0.0165. The Labute approximate surface area is 190 Å². The lowest BCUT2D eigenvalue weighted by molar-refractivity contribution is -0.139. The maximum Gasteiger partial charge on any atom is 0.257 e. The van der Waals surface area contributed by atoms with E-state index in [-0.39, 0.29) is 29.8 Å². The number of para-hydroxylation sites is 1.